The fourth-order valence-electron chi connectivity index (χ4n) is 2.53. The van der Waals surface area contributed by atoms with E-state index in [1.807, 2.05) is 14.0 Å². The number of hydrogen-bond acceptors (Lipinski definition) is 4. The fraction of sp³-hybridized carbons (Fsp3) is 0.941. The summed E-state index contributed by atoms with van der Waals surface area (Å²) in [5.41, 5.74) is 0.0201. The van der Waals surface area contributed by atoms with Crippen molar-refractivity contribution in [3.8, 4) is 0 Å². The van der Waals surface area contributed by atoms with Crippen molar-refractivity contribution >= 4 is 5.91 Å². The Morgan fingerprint density at radius 3 is 2.41 bits per heavy atom. The molecule has 0 saturated heterocycles. The molecule has 0 aliphatic heterocycles. The van der Waals surface area contributed by atoms with E-state index in [2.05, 4.69) is 31.4 Å². The maximum atomic E-state index is 11.4. The van der Waals surface area contributed by atoms with Gasteiger partial charge in [-0.15, -0.1) is 0 Å². The van der Waals surface area contributed by atoms with Crippen LogP contribution in [0.5, 0.6) is 0 Å². The number of nitrogens with one attached hydrogen (secondary N) is 2. The normalized spacial score (nSPS) is 19.7. The Labute approximate surface area is 135 Å². The summed E-state index contributed by atoms with van der Waals surface area (Å²) < 4.78 is 12.2. The van der Waals surface area contributed by atoms with Crippen molar-refractivity contribution in [3.63, 3.8) is 0 Å². The van der Waals surface area contributed by atoms with Gasteiger partial charge in [0.05, 0.1) is 6.61 Å². The van der Waals surface area contributed by atoms with Crippen molar-refractivity contribution in [3.05, 3.63) is 0 Å². The van der Waals surface area contributed by atoms with Crippen LogP contribution >= 0.6 is 0 Å². The Hall–Kier alpha value is -0.650. The average Bonchev–Trinajstić information content (AvgIpc) is 2.53. The Bertz CT molecular complexity index is 339. The largest absolute Gasteiger partial charge is 0.349 e. The maximum Gasteiger partial charge on any atom is 0.221 e. The molecule has 0 spiro atoms. The lowest BCUT2D eigenvalue weighted by Crippen LogP contribution is -2.48. The fourth-order valence-corrected chi connectivity index (χ4v) is 2.53. The Balaban J connectivity index is 2.54. The van der Waals surface area contributed by atoms with Crippen molar-refractivity contribution in [1.29, 1.82) is 0 Å². The van der Waals surface area contributed by atoms with E-state index in [4.69, 9.17) is 9.47 Å². The van der Waals surface area contributed by atoms with Crippen molar-refractivity contribution in [2.45, 2.75) is 77.5 Å². The van der Waals surface area contributed by atoms with Crippen LogP contribution in [-0.4, -0.2) is 37.6 Å². The predicted molar refractivity (Wildman–Crippen MR) is 88.5 cm³/mol. The van der Waals surface area contributed by atoms with Gasteiger partial charge in [-0.1, -0.05) is 20.3 Å². The lowest BCUT2D eigenvalue weighted by molar-refractivity contribution is -0.261. The van der Waals surface area contributed by atoms with Crippen LogP contribution in [0, 0.1) is 5.92 Å². The summed E-state index contributed by atoms with van der Waals surface area (Å²) in [7, 11) is 1.98. The third kappa shape index (κ3) is 5.86. The zero-order valence-corrected chi connectivity index (χ0v) is 15.0. The molecule has 5 nitrogen and oxygen atoms in total. The number of hydrogen-bond donors (Lipinski definition) is 2. The second-order valence-electron chi connectivity index (χ2n) is 6.90. The average molecular weight is 314 g/mol. The first-order valence-electron chi connectivity index (χ1n) is 8.59. The second-order valence-corrected chi connectivity index (χ2v) is 6.90. The zero-order chi connectivity index (χ0) is 16.6. The first-order valence-corrected chi connectivity index (χ1v) is 8.59. The molecule has 1 atom stereocenters. The van der Waals surface area contributed by atoms with Gasteiger partial charge in [-0.3, -0.25) is 4.79 Å². The van der Waals surface area contributed by atoms with Crippen LogP contribution in [0.4, 0.5) is 0 Å². The highest BCUT2D eigenvalue weighted by atomic mass is 16.7. The van der Waals surface area contributed by atoms with E-state index >= 15 is 0 Å². The maximum absolute atomic E-state index is 11.4. The zero-order valence-electron chi connectivity index (χ0n) is 15.0. The summed E-state index contributed by atoms with van der Waals surface area (Å²) in [6.07, 6.45) is 5.75. The molecule has 1 aliphatic rings. The van der Waals surface area contributed by atoms with E-state index in [0.717, 1.165) is 25.7 Å². The van der Waals surface area contributed by atoms with Gasteiger partial charge in [0, 0.05) is 24.8 Å². The van der Waals surface area contributed by atoms with Gasteiger partial charge >= 0.3 is 0 Å². The molecule has 2 N–H and O–H groups in total. The van der Waals surface area contributed by atoms with Crippen molar-refractivity contribution in [2.24, 2.45) is 5.92 Å². The van der Waals surface area contributed by atoms with Crippen LogP contribution in [0.1, 0.15) is 66.2 Å². The van der Waals surface area contributed by atoms with Crippen LogP contribution in [0.25, 0.3) is 0 Å². The Kier molecular flexibility index (Phi) is 7.80. The van der Waals surface area contributed by atoms with Crippen LogP contribution in [-0.2, 0) is 14.3 Å². The van der Waals surface area contributed by atoms with E-state index in [0.29, 0.717) is 18.9 Å². The molecule has 1 rings (SSSR count). The molecule has 0 aromatic carbocycles. The molecule has 1 unspecified atom stereocenters. The molecular formula is C17H34N2O3. The van der Waals surface area contributed by atoms with Gasteiger partial charge in [-0.05, 0) is 39.7 Å². The summed E-state index contributed by atoms with van der Waals surface area (Å²) in [5, 5.41) is 6.11. The van der Waals surface area contributed by atoms with E-state index in [-0.39, 0.29) is 18.2 Å². The van der Waals surface area contributed by atoms with Crippen LogP contribution < -0.4 is 10.6 Å². The number of rotatable bonds is 9. The van der Waals surface area contributed by atoms with Gasteiger partial charge in [0.1, 0.15) is 6.73 Å². The first-order chi connectivity index (χ1) is 10.4. The molecule has 0 bridgehead atoms. The van der Waals surface area contributed by atoms with Gasteiger partial charge in [-0.25, -0.2) is 0 Å². The van der Waals surface area contributed by atoms with E-state index < -0.39 is 5.79 Å². The van der Waals surface area contributed by atoms with Crippen LogP contribution in [0.3, 0.4) is 0 Å². The standard InChI is InChI=1S/C17H34N2O3/c1-6-15(20)19-13-22-17(10-8-7-9-11-17)21-12-14(2)16(3,4)18-5/h14,18H,6-13H2,1-5H3,(H,19,20). The van der Waals surface area contributed by atoms with Gasteiger partial charge in [0.2, 0.25) is 5.91 Å². The summed E-state index contributed by atoms with van der Waals surface area (Å²) in [6.45, 7) is 9.26. The minimum Gasteiger partial charge on any atom is -0.349 e. The molecule has 130 valence electrons. The number of carbonyl (C=O) groups is 1. The van der Waals surface area contributed by atoms with Crippen molar-refractivity contribution in [1.82, 2.24) is 10.6 Å². The van der Waals surface area contributed by atoms with E-state index in [9.17, 15) is 4.79 Å². The third-order valence-corrected chi connectivity index (χ3v) is 5.01. The lowest BCUT2D eigenvalue weighted by Gasteiger charge is -2.40. The summed E-state index contributed by atoms with van der Waals surface area (Å²) in [5.74, 6) is -0.155. The van der Waals surface area contributed by atoms with Crippen LogP contribution in [0.15, 0.2) is 0 Å². The minimum atomic E-state index is -0.530. The number of ether oxygens (including phenoxy) is 2. The Morgan fingerprint density at radius 1 is 1.23 bits per heavy atom. The van der Waals surface area contributed by atoms with Gasteiger partial charge in [-0.2, -0.15) is 0 Å². The van der Waals surface area contributed by atoms with E-state index in [1.54, 1.807) is 0 Å². The highest BCUT2D eigenvalue weighted by molar-refractivity contribution is 5.75. The second kappa shape index (κ2) is 8.85. The lowest BCUT2D eigenvalue weighted by atomic mass is 9.89. The quantitative estimate of drug-likeness (QED) is 0.643. The SMILES string of the molecule is CCC(=O)NCOC1(OCC(C)C(C)(C)NC)CCCCC1. The van der Waals surface area contributed by atoms with E-state index in [1.165, 1.54) is 6.42 Å². The van der Waals surface area contributed by atoms with Gasteiger partial charge in [0.25, 0.3) is 0 Å². The van der Waals surface area contributed by atoms with Crippen LogP contribution in [0.2, 0.25) is 0 Å². The van der Waals surface area contributed by atoms with Gasteiger partial charge in [0.15, 0.2) is 5.79 Å². The van der Waals surface area contributed by atoms with Crippen molar-refractivity contribution < 1.29 is 14.3 Å². The topological polar surface area (TPSA) is 59.6 Å². The molecule has 0 aromatic rings. The monoisotopic (exact) mass is 314 g/mol. The molecule has 0 radical (unpaired) electrons. The molecular weight excluding hydrogens is 280 g/mol. The van der Waals surface area contributed by atoms with Crippen molar-refractivity contribution in [2.75, 3.05) is 20.4 Å². The Morgan fingerprint density at radius 2 is 1.86 bits per heavy atom. The summed E-state index contributed by atoms with van der Waals surface area (Å²) in [6, 6.07) is 0. The molecule has 22 heavy (non-hydrogen) atoms. The smallest absolute Gasteiger partial charge is 0.221 e. The third-order valence-electron chi connectivity index (χ3n) is 5.01. The summed E-state index contributed by atoms with van der Waals surface area (Å²) in [4.78, 5) is 11.4. The molecule has 1 aliphatic carbocycles. The predicted octanol–water partition coefficient (Wildman–Crippen LogP) is 2.80. The molecule has 1 fully saturated rings. The van der Waals surface area contributed by atoms with Gasteiger partial charge < -0.3 is 20.1 Å². The molecule has 5 heteroatoms. The highest BCUT2D eigenvalue weighted by Gasteiger charge is 2.36. The molecule has 0 aromatic heterocycles. The number of amides is 1. The molecule has 1 amide bonds. The highest BCUT2D eigenvalue weighted by Crippen LogP contribution is 2.33. The summed E-state index contributed by atoms with van der Waals surface area (Å²) >= 11 is 0. The number of carbonyl (C=O) groups excluding carboxylic acids is 1. The minimum absolute atomic E-state index is 0.00986. The molecule has 1 saturated carbocycles. The molecule has 0 heterocycles. The first kappa shape index (κ1) is 19.4.